The van der Waals surface area contributed by atoms with Crippen LogP contribution in [0.15, 0.2) is 0 Å². The molecule has 1 heterocycles. The van der Waals surface area contributed by atoms with Gasteiger partial charge in [0.15, 0.2) is 0 Å². The molecule has 1 N–H and O–H groups in total. The average molecular weight is 256 g/mol. The Balaban J connectivity index is 2.32. The maximum atomic E-state index is 5.28. The quantitative estimate of drug-likeness (QED) is 0.685. The number of likely N-dealkylation sites (tertiary alicyclic amines) is 1. The summed E-state index contributed by atoms with van der Waals surface area (Å²) >= 11 is 0. The SMILES string of the molecule is CCCC(CNCC(C)C)N1CCC(COC)C1. The van der Waals surface area contributed by atoms with Gasteiger partial charge >= 0.3 is 0 Å². The maximum absolute atomic E-state index is 5.28. The van der Waals surface area contributed by atoms with Crippen molar-refractivity contribution in [3.8, 4) is 0 Å². The van der Waals surface area contributed by atoms with E-state index in [2.05, 4.69) is 31.0 Å². The van der Waals surface area contributed by atoms with Crippen LogP contribution in [0.4, 0.5) is 0 Å². The molecule has 0 aromatic heterocycles. The summed E-state index contributed by atoms with van der Waals surface area (Å²) in [5.41, 5.74) is 0. The Kier molecular flexibility index (Phi) is 7.87. The first kappa shape index (κ1) is 15.9. The third-order valence-corrected chi connectivity index (χ3v) is 3.79. The maximum Gasteiger partial charge on any atom is 0.0503 e. The van der Waals surface area contributed by atoms with E-state index in [1.807, 2.05) is 7.11 Å². The van der Waals surface area contributed by atoms with Crippen LogP contribution in [0.5, 0.6) is 0 Å². The summed E-state index contributed by atoms with van der Waals surface area (Å²) in [5.74, 6) is 1.49. The minimum absolute atomic E-state index is 0.718. The van der Waals surface area contributed by atoms with Gasteiger partial charge in [-0.2, -0.15) is 0 Å². The molecule has 0 aliphatic carbocycles. The first-order chi connectivity index (χ1) is 8.67. The zero-order chi connectivity index (χ0) is 13.4. The molecule has 0 amide bonds. The largest absolute Gasteiger partial charge is 0.384 e. The summed E-state index contributed by atoms with van der Waals surface area (Å²) in [5, 5.41) is 3.62. The van der Waals surface area contributed by atoms with Gasteiger partial charge in [-0.05, 0) is 37.8 Å². The molecular weight excluding hydrogens is 224 g/mol. The summed E-state index contributed by atoms with van der Waals surface area (Å²) in [7, 11) is 1.82. The molecule has 1 fully saturated rings. The lowest BCUT2D eigenvalue weighted by Crippen LogP contribution is -2.42. The second-order valence-corrected chi connectivity index (χ2v) is 6.10. The predicted octanol–water partition coefficient (Wildman–Crippen LogP) is 2.37. The molecule has 2 atom stereocenters. The summed E-state index contributed by atoms with van der Waals surface area (Å²) in [6.07, 6.45) is 3.89. The van der Waals surface area contributed by atoms with Gasteiger partial charge in [0.25, 0.3) is 0 Å². The summed E-state index contributed by atoms with van der Waals surface area (Å²) < 4.78 is 5.28. The highest BCUT2D eigenvalue weighted by molar-refractivity contribution is 4.82. The van der Waals surface area contributed by atoms with Gasteiger partial charge in [-0.15, -0.1) is 0 Å². The molecule has 3 nitrogen and oxygen atoms in total. The summed E-state index contributed by atoms with van der Waals surface area (Å²) in [6, 6.07) is 0.718. The predicted molar refractivity (Wildman–Crippen MR) is 78.0 cm³/mol. The van der Waals surface area contributed by atoms with Gasteiger partial charge in [-0.1, -0.05) is 27.2 Å². The molecule has 2 unspecified atom stereocenters. The standard InChI is InChI=1S/C15H32N2O/c1-5-6-15(10-16-9-13(2)3)17-8-7-14(11-17)12-18-4/h13-16H,5-12H2,1-4H3. The molecular formula is C15H32N2O. The summed E-state index contributed by atoms with van der Waals surface area (Å²) in [6.45, 7) is 12.5. The Morgan fingerprint density at radius 3 is 2.72 bits per heavy atom. The second kappa shape index (κ2) is 8.89. The highest BCUT2D eigenvalue weighted by atomic mass is 16.5. The number of nitrogens with one attached hydrogen (secondary N) is 1. The second-order valence-electron chi connectivity index (χ2n) is 6.10. The number of methoxy groups -OCH3 is 1. The van der Waals surface area contributed by atoms with E-state index in [-0.39, 0.29) is 0 Å². The lowest BCUT2D eigenvalue weighted by molar-refractivity contribution is 0.144. The van der Waals surface area contributed by atoms with E-state index in [1.54, 1.807) is 0 Å². The molecule has 3 heteroatoms. The zero-order valence-electron chi connectivity index (χ0n) is 12.7. The third-order valence-electron chi connectivity index (χ3n) is 3.79. The van der Waals surface area contributed by atoms with Crippen LogP contribution in [-0.2, 0) is 4.74 Å². The van der Waals surface area contributed by atoms with Gasteiger partial charge in [0, 0.05) is 26.2 Å². The molecule has 0 bridgehead atoms. The monoisotopic (exact) mass is 256 g/mol. The molecule has 1 aliphatic rings. The zero-order valence-corrected chi connectivity index (χ0v) is 12.7. The highest BCUT2D eigenvalue weighted by Crippen LogP contribution is 2.20. The van der Waals surface area contributed by atoms with Gasteiger partial charge < -0.3 is 10.1 Å². The minimum Gasteiger partial charge on any atom is -0.384 e. The first-order valence-electron chi connectivity index (χ1n) is 7.61. The van der Waals surface area contributed by atoms with Gasteiger partial charge in [0.2, 0.25) is 0 Å². The fraction of sp³-hybridized carbons (Fsp3) is 1.00. The topological polar surface area (TPSA) is 24.5 Å². The molecule has 0 aromatic carbocycles. The van der Waals surface area contributed by atoms with Gasteiger partial charge in [0.05, 0.1) is 6.61 Å². The molecule has 0 saturated carbocycles. The minimum atomic E-state index is 0.718. The number of hydrogen-bond acceptors (Lipinski definition) is 3. The van der Waals surface area contributed by atoms with Crippen molar-refractivity contribution < 1.29 is 4.74 Å². The van der Waals surface area contributed by atoms with Crippen LogP contribution in [0.1, 0.15) is 40.0 Å². The van der Waals surface area contributed by atoms with Gasteiger partial charge in [0.1, 0.15) is 0 Å². The molecule has 1 aliphatic heterocycles. The third kappa shape index (κ3) is 5.68. The van der Waals surface area contributed by atoms with Crippen LogP contribution in [0.25, 0.3) is 0 Å². The van der Waals surface area contributed by atoms with E-state index in [1.165, 1.54) is 32.4 Å². The van der Waals surface area contributed by atoms with Crippen molar-refractivity contribution in [1.29, 1.82) is 0 Å². The normalized spacial score (nSPS) is 22.8. The van der Waals surface area contributed by atoms with Crippen molar-refractivity contribution in [3.63, 3.8) is 0 Å². The number of ether oxygens (including phenoxy) is 1. The van der Waals surface area contributed by atoms with Gasteiger partial charge in [-0.25, -0.2) is 0 Å². The van der Waals surface area contributed by atoms with Crippen LogP contribution >= 0.6 is 0 Å². The number of nitrogens with zero attached hydrogens (tertiary/aromatic N) is 1. The van der Waals surface area contributed by atoms with Crippen molar-refractivity contribution >= 4 is 0 Å². The fourth-order valence-electron chi connectivity index (χ4n) is 2.85. The molecule has 1 rings (SSSR count). The number of rotatable bonds is 9. The van der Waals surface area contributed by atoms with E-state index >= 15 is 0 Å². The van der Waals surface area contributed by atoms with Crippen LogP contribution in [-0.4, -0.2) is 50.8 Å². The van der Waals surface area contributed by atoms with Crippen LogP contribution in [0.2, 0.25) is 0 Å². The molecule has 0 aromatic rings. The number of hydrogen-bond donors (Lipinski definition) is 1. The molecule has 0 radical (unpaired) electrons. The molecule has 108 valence electrons. The smallest absolute Gasteiger partial charge is 0.0503 e. The lowest BCUT2D eigenvalue weighted by atomic mass is 10.1. The Bertz CT molecular complexity index is 209. The average Bonchev–Trinajstić information content (AvgIpc) is 2.76. The summed E-state index contributed by atoms with van der Waals surface area (Å²) in [4.78, 5) is 2.67. The van der Waals surface area contributed by atoms with E-state index in [0.29, 0.717) is 0 Å². The van der Waals surface area contributed by atoms with Gasteiger partial charge in [-0.3, -0.25) is 4.90 Å². The Hall–Kier alpha value is -0.120. The Morgan fingerprint density at radius 2 is 2.11 bits per heavy atom. The van der Waals surface area contributed by atoms with Crippen LogP contribution < -0.4 is 5.32 Å². The van der Waals surface area contributed by atoms with E-state index in [0.717, 1.165) is 37.6 Å². The molecule has 0 spiro atoms. The van der Waals surface area contributed by atoms with E-state index in [4.69, 9.17) is 4.74 Å². The van der Waals surface area contributed by atoms with Crippen molar-refractivity contribution in [2.75, 3.05) is 39.9 Å². The lowest BCUT2D eigenvalue weighted by Gasteiger charge is -2.28. The van der Waals surface area contributed by atoms with E-state index in [9.17, 15) is 0 Å². The van der Waals surface area contributed by atoms with Crippen molar-refractivity contribution in [1.82, 2.24) is 10.2 Å². The van der Waals surface area contributed by atoms with Crippen molar-refractivity contribution in [3.05, 3.63) is 0 Å². The first-order valence-corrected chi connectivity index (χ1v) is 7.61. The van der Waals surface area contributed by atoms with E-state index < -0.39 is 0 Å². The molecule has 1 saturated heterocycles. The fourth-order valence-corrected chi connectivity index (χ4v) is 2.85. The van der Waals surface area contributed by atoms with Crippen molar-refractivity contribution in [2.24, 2.45) is 11.8 Å². The van der Waals surface area contributed by atoms with Crippen molar-refractivity contribution in [2.45, 2.75) is 46.1 Å². The van der Waals surface area contributed by atoms with Crippen LogP contribution in [0.3, 0.4) is 0 Å². The van der Waals surface area contributed by atoms with Crippen LogP contribution in [0, 0.1) is 11.8 Å². The Labute approximate surface area is 113 Å². The Morgan fingerprint density at radius 1 is 1.33 bits per heavy atom. The molecule has 18 heavy (non-hydrogen) atoms. The highest BCUT2D eigenvalue weighted by Gasteiger charge is 2.27.